The smallest absolute Gasteiger partial charge is 0.240 e. The van der Waals surface area contributed by atoms with Gasteiger partial charge < -0.3 is 10.4 Å². The Kier molecular flexibility index (Phi) is 4.82. The van der Waals surface area contributed by atoms with Crippen molar-refractivity contribution in [1.29, 1.82) is 0 Å². The van der Waals surface area contributed by atoms with Gasteiger partial charge in [0.25, 0.3) is 0 Å². The molecule has 0 spiro atoms. The molecule has 21 heavy (non-hydrogen) atoms. The molecular formula is C15H18N2O3S. The number of nitrogens with one attached hydrogen (secondary N) is 2. The summed E-state index contributed by atoms with van der Waals surface area (Å²) >= 11 is 0. The summed E-state index contributed by atoms with van der Waals surface area (Å²) in [6.07, 6.45) is 0. The molecule has 2 rings (SSSR count). The van der Waals surface area contributed by atoms with Gasteiger partial charge in [0.15, 0.2) is 0 Å². The SMILES string of the molecule is CCNS(=O)(=O)c1ccc(NCc2ccccc2O)cc1. The molecule has 0 radical (unpaired) electrons. The number of aromatic hydroxyl groups is 1. The zero-order valence-corrected chi connectivity index (χ0v) is 12.5. The normalized spacial score (nSPS) is 11.3. The number of anilines is 1. The summed E-state index contributed by atoms with van der Waals surface area (Å²) in [6.45, 7) is 2.56. The van der Waals surface area contributed by atoms with Crippen LogP contribution in [0.3, 0.4) is 0 Å². The van der Waals surface area contributed by atoms with Crippen LogP contribution in [-0.4, -0.2) is 20.1 Å². The number of hydrogen-bond donors (Lipinski definition) is 3. The molecule has 0 heterocycles. The van der Waals surface area contributed by atoms with Crippen LogP contribution in [0.4, 0.5) is 5.69 Å². The molecule has 3 N–H and O–H groups in total. The van der Waals surface area contributed by atoms with Crippen molar-refractivity contribution in [3.63, 3.8) is 0 Å². The minimum Gasteiger partial charge on any atom is -0.508 e. The number of rotatable bonds is 6. The van der Waals surface area contributed by atoms with Crippen LogP contribution in [0.1, 0.15) is 12.5 Å². The van der Waals surface area contributed by atoms with E-state index >= 15 is 0 Å². The van der Waals surface area contributed by atoms with Gasteiger partial charge in [-0.25, -0.2) is 13.1 Å². The lowest BCUT2D eigenvalue weighted by molar-refractivity contribution is 0.469. The third-order valence-corrected chi connectivity index (χ3v) is 4.54. The van der Waals surface area contributed by atoms with Gasteiger partial charge in [-0.15, -0.1) is 0 Å². The van der Waals surface area contributed by atoms with Gasteiger partial charge >= 0.3 is 0 Å². The lowest BCUT2D eigenvalue weighted by Crippen LogP contribution is -2.23. The molecule has 0 saturated heterocycles. The average Bonchev–Trinajstić information content (AvgIpc) is 2.47. The molecule has 5 nitrogen and oxygen atoms in total. The second-order valence-corrected chi connectivity index (χ2v) is 6.27. The Morgan fingerprint density at radius 3 is 2.33 bits per heavy atom. The van der Waals surface area contributed by atoms with Crippen LogP contribution >= 0.6 is 0 Å². The fourth-order valence-electron chi connectivity index (χ4n) is 1.88. The second-order valence-electron chi connectivity index (χ2n) is 4.51. The highest BCUT2D eigenvalue weighted by atomic mass is 32.2. The van der Waals surface area contributed by atoms with Gasteiger partial charge in [-0.05, 0) is 30.3 Å². The van der Waals surface area contributed by atoms with E-state index in [1.54, 1.807) is 43.3 Å². The number of para-hydroxylation sites is 1. The summed E-state index contributed by atoms with van der Waals surface area (Å²) in [4.78, 5) is 0.234. The second kappa shape index (κ2) is 6.60. The lowest BCUT2D eigenvalue weighted by atomic mass is 10.2. The van der Waals surface area contributed by atoms with Gasteiger partial charge in [-0.1, -0.05) is 25.1 Å². The molecule has 0 aliphatic carbocycles. The van der Waals surface area contributed by atoms with Crippen molar-refractivity contribution in [3.05, 3.63) is 54.1 Å². The molecule has 0 saturated carbocycles. The molecule has 0 unspecified atom stereocenters. The number of benzene rings is 2. The van der Waals surface area contributed by atoms with Crippen LogP contribution in [0, 0.1) is 0 Å². The Balaban J connectivity index is 2.05. The zero-order chi connectivity index (χ0) is 15.3. The van der Waals surface area contributed by atoms with Crippen molar-refractivity contribution >= 4 is 15.7 Å². The van der Waals surface area contributed by atoms with Crippen molar-refractivity contribution in [2.75, 3.05) is 11.9 Å². The molecule has 112 valence electrons. The summed E-state index contributed by atoms with van der Waals surface area (Å²) in [6, 6.07) is 13.6. The Hall–Kier alpha value is -2.05. The predicted molar refractivity (Wildman–Crippen MR) is 82.7 cm³/mol. The Bertz CT molecular complexity index is 697. The van der Waals surface area contributed by atoms with Crippen molar-refractivity contribution in [2.45, 2.75) is 18.4 Å². The van der Waals surface area contributed by atoms with E-state index in [-0.39, 0.29) is 10.6 Å². The fraction of sp³-hybridized carbons (Fsp3) is 0.200. The maximum absolute atomic E-state index is 11.8. The van der Waals surface area contributed by atoms with Gasteiger partial charge in [-0.2, -0.15) is 0 Å². The molecule has 0 fully saturated rings. The molecule has 0 aliphatic rings. The maximum Gasteiger partial charge on any atom is 0.240 e. The Morgan fingerprint density at radius 1 is 1.05 bits per heavy atom. The first-order valence-corrected chi connectivity index (χ1v) is 8.11. The number of sulfonamides is 1. The average molecular weight is 306 g/mol. The third kappa shape index (κ3) is 3.96. The minimum absolute atomic E-state index is 0.233. The molecule has 0 bridgehead atoms. The van der Waals surface area contributed by atoms with Crippen LogP contribution < -0.4 is 10.0 Å². The van der Waals surface area contributed by atoms with E-state index in [0.29, 0.717) is 13.1 Å². The van der Waals surface area contributed by atoms with E-state index < -0.39 is 10.0 Å². The first-order chi connectivity index (χ1) is 10.0. The molecule has 0 atom stereocenters. The third-order valence-electron chi connectivity index (χ3n) is 2.97. The van der Waals surface area contributed by atoms with Gasteiger partial charge in [0.2, 0.25) is 10.0 Å². The van der Waals surface area contributed by atoms with E-state index in [9.17, 15) is 13.5 Å². The molecule has 0 amide bonds. The predicted octanol–water partition coefficient (Wildman–Crippen LogP) is 2.30. The summed E-state index contributed by atoms with van der Waals surface area (Å²) < 4.78 is 26.0. The van der Waals surface area contributed by atoms with Crippen LogP contribution in [-0.2, 0) is 16.6 Å². The summed E-state index contributed by atoms with van der Waals surface area (Å²) in [5, 5.41) is 12.8. The summed E-state index contributed by atoms with van der Waals surface area (Å²) in [5.74, 6) is 0.233. The molecular weight excluding hydrogens is 288 g/mol. The fourth-order valence-corrected chi connectivity index (χ4v) is 2.92. The van der Waals surface area contributed by atoms with Crippen LogP contribution in [0.5, 0.6) is 5.75 Å². The van der Waals surface area contributed by atoms with Crippen LogP contribution in [0.25, 0.3) is 0 Å². The minimum atomic E-state index is -3.42. The quantitative estimate of drug-likeness (QED) is 0.765. The highest BCUT2D eigenvalue weighted by molar-refractivity contribution is 7.89. The summed E-state index contributed by atoms with van der Waals surface area (Å²) in [5.41, 5.74) is 1.57. The Morgan fingerprint density at radius 2 is 1.71 bits per heavy atom. The van der Waals surface area contributed by atoms with E-state index in [1.807, 2.05) is 12.1 Å². The first-order valence-electron chi connectivity index (χ1n) is 6.63. The summed E-state index contributed by atoms with van der Waals surface area (Å²) in [7, 11) is -3.42. The molecule has 6 heteroatoms. The molecule has 0 aromatic heterocycles. The van der Waals surface area contributed by atoms with Gasteiger partial charge in [0.1, 0.15) is 5.75 Å². The Labute approximate surface area is 124 Å². The van der Waals surface area contributed by atoms with Crippen molar-refractivity contribution < 1.29 is 13.5 Å². The number of phenolic OH excluding ortho intramolecular Hbond substituents is 1. The van der Waals surface area contributed by atoms with Gasteiger partial charge in [0.05, 0.1) is 4.90 Å². The largest absolute Gasteiger partial charge is 0.508 e. The first kappa shape index (κ1) is 15.3. The van der Waals surface area contributed by atoms with E-state index in [2.05, 4.69) is 10.0 Å². The van der Waals surface area contributed by atoms with Crippen molar-refractivity contribution in [1.82, 2.24) is 4.72 Å². The van der Waals surface area contributed by atoms with Crippen molar-refractivity contribution in [2.24, 2.45) is 0 Å². The highest BCUT2D eigenvalue weighted by Crippen LogP contribution is 2.18. The van der Waals surface area contributed by atoms with E-state index in [1.165, 1.54) is 0 Å². The highest BCUT2D eigenvalue weighted by Gasteiger charge is 2.11. The molecule has 0 aliphatic heterocycles. The van der Waals surface area contributed by atoms with Crippen LogP contribution in [0.2, 0.25) is 0 Å². The topological polar surface area (TPSA) is 78.4 Å². The molecule has 2 aromatic rings. The van der Waals surface area contributed by atoms with Crippen LogP contribution in [0.15, 0.2) is 53.4 Å². The number of phenols is 1. The standard InChI is InChI=1S/C15H18N2O3S/c1-2-17-21(19,20)14-9-7-13(8-10-14)16-11-12-5-3-4-6-15(12)18/h3-10,16-18H,2,11H2,1H3. The van der Waals surface area contributed by atoms with Gasteiger partial charge in [0, 0.05) is 24.3 Å². The number of hydrogen-bond acceptors (Lipinski definition) is 4. The van der Waals surface area contributed by atoms with Gasteiger partial charge in [-0.3, -0.25) is 0 Å². The lowest BCUT2D eigenvalue weighted by Gasteiger charge is -2.09. The maximum atomic E-state index is 11.8. The van der Waals surface area contributed by atoms with E-state index in [4.69, 9.17) is 0 Å². The van der Waals surface area contributed by atoms with Crippen molar-refractivity contribution in [3.8, 4) is 5.75 Å². The monoisotopic (exact) mass is 306 g/mol. The zero-order valence-electron chi connectivity index (χ0n) is 11.7. The van der Waals surface area contributed by atoms with E-state index in [0.717, 1.165) is 11.3 Å². The molecule has 2 aromatic carbocycles.